The summed E-state index contributed by atoms with van der Waals surface area (Å²) in [4.78, 5) is 18.5. The number of nitrogens with zero attached hydrogens (tertiary/aromatic N) is 1. The molecule has 3 aromatic rings. The molecule has 136 valence electrons. The molecule has 0 spiro atoms. The van der Waals surface area contributed by atoms with Gasteiger partial charge in [-0.25, -0.2) is 13.8 Å². The van der Waals surface area contributed by atoms with Crippen molar-refractivity contribution in [2.45, 2.75) is 6.18 Å². The van der Waals surface area contributed by atoms with E-state index in [1.54, 1.807) is 0 Å². The summed E-state index contributed by atoms with van der Waals surface area (Å²) in [6.45, 7) is -1.50. The number of anilines is 1. The van der Waals surface area contributed by atoms with E-state index in [1.165, 1.54) is 12.3 Å². The summed E-state index contributed by atoms with van der Waals surface area (Å²) in [5.74, 6) is -3.02. The van der Waals surface area contributed by atoms with Gasteiger partial charge in [0.1, 0.15) is 0 Å². The lowest BCUT2D eigenvalue weighted by Gasteiger charge is -2.08. The molecule has 10 heteroatoms. The SMILES string of the molecule is O=C(Nc1c[nH]c2cc(F)c(F)cc12)c1ccc(OCC(F)(F)F)nc1. The maximum Gasteiger partial charge on any atom is 0.422 e. The number of carbonyl (C=O) groups excluding carboxylic acids is 1. The summed E-state index contributed by atoms with van der Waals surface area (Å²) >= 11 is 0. The van der Waals surface area contributed by atoms with E-state index in [2.05, 4.69) is 20.0 Å². The molecule has 2 aromatic heterocycles. The van der Waals surface area contributed by atoms with Gasteiger partial charge in [-0.05, 0) is 12.1 Å². The lowest BCUT2D eigenvalue weighted by atomic mass is 10.2. The number of H-pyrrole nitrogens is 1. The molecule has 5 nitrogen and oxygen atoms in total. The quantitative estimate of drug-likeness (QED) is 0.681. The van der Waals surface area contributed by atoms with Crippen LogP contribution in [0.15, 0.2) is 36.7 Å². The molecule has 3 rings (SSSR count). The second kappa shape index (κ2) is 6.62. The van der Waals surface area contributed by atoms with Gasteiger partial charge >= 0.3 is 6.18 Å². The Morgan fingerprint density at radius 2 is 1.92 bits per heavy atom. The van der Waals surface area contributed by atoms with E-state index >= 15 is 0 Å². The minimum absolute atomic E-state index is 0.0429. The molecule has 0 atom stereocenters. The molecule has 0 aliphatic heterocycles. The van der Waals surface area contributed by atoms with E-state index in [0.29, 0.717) is 0 Å². The van der Waals surface area contributed by atoms with Gasteiger partial charge in [-0.3, -0.25) is 4.79 Å². The van der Waals surface area contributed by atoms with Gasteiger partial charge in [-0.1, -0.05) is 0 Å². The Hall–Kier alpha value is -3.17. The molecule has 0 saturated heterocycles. The molecule has 0 aliphatic carbocycles. The lowest BCUT2D eigenvalue weighted by molar-refractivity contribution is -0.154. The topological polar surface area (TPSA) is 67.0 Å². The van der Waals surface area contributed by atoms with Crippen molar-refractivity contribution in [3.63, 3.8) is 0 Å². The highest BCUT2D eigenvalue weighted by molar-refractivity contribution is 6.08. The summed E-state index contributed by atoms with van der Waals surface area (Å²) in [6, 6.07) is 4.23. The monoisotopic (exact) mass is 371 g/mol. The van der Waals surface area contributed by atoms with Crippen molar-refractivity contribution in [3.05, 3.63) is 53.9 Å². The summed E-state index contributed by atoms with van der Waals surface area (Å²) in [5.41, 5.74) is 0.538. The Morgan fingerprint density at radius 3 is 2.58 bits per heavy atom. The number of carbonyl (C=O) groups is 1. The van der Waals surface area contributed by atoms with Gasteiger partial charge in [0.15, 0.2) is 18.2 Å². The Labute approximate surface area is 142 Å². The van der Waals surface area contributed by atoms with Crippen molar-refractivity contribution in [3.8, 4) is 5.88 Å². The number of alkyl halides is 3. The van der Waals surface area contributed by atoms with Crippen molar-refractivity contribution >= 4 is 22.5 Å². The van der Waals surface area contributed by atoms with Crippen LogP contribution < -0.4 is 10.1 Å². The third-order valence-corrected chi connectivity index (χ3v) is 3.35. The van der Waals surface area contributed by atoms with Crippen LogP contribution in [0, 0.1) is 11.6 Å². The van der Waals surface area contributed by atoms with Crippen LogP contribution in [-0.2, 0) is 0 Å². The first-order chi connectivity index (χ1) is 12.2. The molecule has 0 unspecified atom stereocenters. The fourth-order valence-electron chi connectivity index (χ4n) is 2.17. The number of fused-ring (bicyclic) bond motifs is 1. The molecule has 2 N–H and O–H groups in total. The van der Waals surface area contributed by atoms with Gasteiger partial charge in [0.05, 0.1) is 16.8 Å². The zero-order valence-electron chi connectivity index (χ0n) is 12.8. The number of aromatic amines is 1. The first-order valence-electron chi connectivity index (χ1n) is 7.16. The van der Waals surface area contributed by atoms with E-state index in [1.807, 2.05) is 0 Å². The number of nitrogens with one attached hydrogen (secondary N) is 2. The van der Waals surface area contributed by atoms with Crippen molar-refractivity contribution in [2.24, 2.45) is 0 Å². The van der Waals surface area contributed by atoms with E-state index in [0.717, 1.165) is 24.4 Å². The van der Waals surface area contributed by atoms with Crippen LogP contribution in [0.25, 0.3) is 10.9 Å². The maximum absolute atomic E-state index is 13.4. The number of halogens is 5. The zero-order valence-corrected chi connectivity index (χ0v) is 12.8. The average molecular weight is 371 g/mol. The number of hydrogen-bond donors (Lipinski definition) is 2. The molecule has 26 heavy (non-hydrogen) atoms. The highest BCUT2D eigenvalue weighted by atomic mass is 19.4. The molecule has 1 aromatic carbocycles. The van der Waals surface area contributed by atoms with Crippen LogP contribution in [-0.4, -0.2) is 28.7 Å². The van der Waals surface area contributed by atoms with Crippen molar-refractivity contribution in [1.82, 2.24) is 9.97 Å². The minimum atomic E-state index is -4.50. The van der Waals surface area contributed by atoms with Crippen LogP contribution >= 0.6 is 0 Å². The van der Waals surface area contributed by atoms with Crippen molar-refractivity contribution in [2.75, 3.05) is 11.9 Å². The van der Waals surface area contributed by atoms with Crippen molar-refractivity contribution in [1.29, 1.82) is 0 Å². The van der Waals surface area contributed by atoms with E-state index in [-0.39, 0.29) is 28.0 Å². The summed E-state index contributed by atoms with van der Waals surface area (Å²) in [6.07, 6.45) is -2.10. The molecule has 0 bridgehead atoms. The number of rotatable bonds is 4. The zero-order chi connectivity index (χ0) is 18.9. The molecule has 1 amide bonds. The van der Waals surface area contributed by atoms with Crippen molar-refractivity contribution < 1.29 is 31.5 Å². The van der Waals surface area contributed by atoms with E-state index in [4.69, 9.17) is 0 Å². The smallest absolute Gasteiger partial charge is 0.422 e. The summed E-state index contributed by atoms with van der Waals surface area (Å²) in [5, 5.41) is 2.74. The van der Waals surface area contributed by atoms with Gasteiger partial charge in [0, 0.05) is 29.9 Å². The fourth-order valence-corrected chi connectivity index (χ4v) is 2.17. The normalized spacial score (nSPS) is 11.6. The van der Waals surface area contributed by atoms with Crippen LogP contribution in [0.1, 0.15) is 10.4 Å². The Morgan fingerprint density at radius 1 is 1.19 bits per heavy atom. The second-order valence-corrected chi connectivity index (χ2v) is 5.26. The third-order valence-electron chi connectivity index (χ3n) is 3.35. The van der Waals surface area contributed by atoms with Gasteiger partial charge < -0.3 is 15.0 Å². The van der Waals surface area contributed by atoms with Crippen LogP contribution in [0.4, 0.5) is 27.6 Å². The van der Waals surface area contributed by atoms with Gasteiger partial charge in [0.25, 0.3) is 5.91 Å². The Bertz CT molecular complexity index is 951. The highest BCUT2D eigenvalue weighted by Gasteiger charge is 2.28. The Kier molecular flexibility index (Phi) is 4.49. The number of pyridine rings is 1. The molecule has 0 fully saturated rings. The fraction of sp³-hybridized carbons (Fsp3) is 0.125. The van der Waals surface area contributed by atoms with Crippen LogP contribution in [0.2, 0.25) is 0 Å². The summed E-state index contributed by atoms with van der Waals surface area (Å²) < 4.78 is 67.2. The molecule has 2 heterocycles. The minimum Gasteiger partial charge on any atom is -0.468 e. The average Bonchev–Trinajstić information content (AvgIpc) is 2.95. The standard InChI is InChI=1S/C16H10F5N3O2/c17-10-3-9-12(4-11(10)18)22-6-13(9)24-15(25)8-1-2-14(23-5-8)26-7-16(19,20)21/h1-6,22H,7H2,(H,24,25). The second-order valence-electron chi connectivity index (χ2n) is 5.26. The number of benzene rings is 1. The van der Waals surface area contributed by atoms with E-state index < -0.39 is 30.3 Å². The number of hydrogen-bond acceptors (Lipinski definition) is 3. The molecular formula is C16H10F5N3O2. The first-order valence-corrected chi connectivity index (χ1v) is 7.16. The van der Waals surface area contributed by atoms with Gasteiger partial charge in [0.2, 0.25) is 5.88 Å². The third kappa shape index (κ3) is 3.90. The number of aromatic nitrogens is 2. The molecule has 0 saturated carbocycles. The first kappa shape index (κ1) is 17.6. The molecule has 0 aliphatic rings. The lowest BCUT2D eigenvalue weighted by Crippen LogP contribution is -2.19. The highest BCUT2D eigenvalue weighted by Crippen LogP contribution is 2.26. The van der Waals surface area contributed by atoms with E-state index in [9.17, 15) is 26.7 Å². The van der Waals surface area contributed by atoms with Gasteiger partial charge in [-0.15, -0.1) is 0 Å². The number of amides is 1. The predicted molar refractivity (Wildman–Crippen MR) is 82.0 cm³/mol. The molecule has 0 radical (unpaired) electrons. The molecular weight excluding hydrogens is 361 g/mol. The van der Waals surface area contributed by atoms with Gasteiger partial charge in [-0.2, -0.15) is 13.2 Å². The predicted octanol–water partition coefficient (Wildman–Crippen LogP) is 4.03. The Balaban J connectivity index is 1.73. The number of ether oxygens (including phenoxy) is 1. The van der Waals surface area contributed by atoms with Crippen LogP contribution in [0.3, 0.4) is 0 Å². The maximum atomic E-state index is 13.4. The van der Waals surface area contributed by atoms with Crippen LogP contribution in [0.5, 0.6) is 5.88 Å². The summed E-state index contributed by atoms with van der Waals surface area (Å²) in [7, 11) is 0. The largest absolute Gasteiger partial charge is 0.468 e.